The number of ether oxygens (including phenoxy) is 1. The molecule has 2 rings (SSSR count). The molecule has 0 radical (unpaired) electrons. The first-order chi connectivity index (χ1) is 9.82. The summed E-state index contributed by atoms with van der Waals surface area (Å²) in [5, 5.41) is 2.83. The smallest absolute Gasteiger partial charge is 0.246 e. The Bertz CT molecular complexity index is 614. The number of benzene rings is 1. The Labute approximate surface area is 125 Å². The zero-order chi connectivity index (χ0) is 15.6. The van der Waals surface area contributed by atoms with Crippen molar-refractivity contribution in [3.05, 3.63) is 41.0 Å². The minimum atomic E-state index is -0.456. The maximum absolute atomic E-state index is 12.2. The van der Waals surface area contributed by atoms with Gasteiger partial charge in [0.1, 0.15) is 11.4 Å². The van der Waals surface area contributed by atoms with Crippen molar-refractivity contribution in [2.75, 3.05) is 0 Å². The third kappa shape index (κ3) is 3.51. The molecule has 0 bridgehead atoms. The number of nitrogens with one attached hydrogen (secondary N) is 1. The third-order valence-electron chi connectivity index (χ3n) is 3.56. The number of rotatable bonds is 3. The predicted molar refractivity (Wildman–Crippen MR) is 81.4 cm³/mol. The molecular formula is C17H21NO3. The molecule has 1 aliphatic rings. The van der Waals surface area contributed by atoms with Gasteiger partial charge in [0.05, 0.1) is 12.0 Å². The molecule has 112 valence electrons. The van der Waals surface area contributed by atoms with Gasteiger partial charge in [0.2, 0.25) is 5.91 Å². The minimum Gasteiger partial charge on any atom is -0.487 e. The third-order valence-corrected chi connectivity index (χ3v) is 3.56. The van der Waals surface area contributed by atoms with Crippen molar-refractivity contribution < 1.29 is 14.3 Å². The molecule has 0 aromatic heterocycles. The van der Waals surface area contributed by atoms with Crippen LogP contribution in [0.5, 0.6) is 5.75 Å². The number of Topliss-reactive ketones (excluding diaryl/α,β-unsaturated/α-hetero) is 1. The van der Waals surface area contributed by atoms with Crippen LogP contribution >= 0.6 is 0 Å². The van der Waals surface area contributed by atoms with E-state index >= 15 is 0 Å². The molecule has 1 aromatic carbocycles. The molecule has 1 aliphatic heterocycles. The molecule has 0 saturated carbocycles. The fourth-order valence-electron chi connectivity index (χ4n) is 2.26. The second-order valence-corrected chi connectivity index (χ2v) is 5.95. The zero-order valence-electron chi connectivity index (χ0n) is 12.9. The van der Waals surface area contributed by atoms with Crippen LogP contribution in [0.2, 0.25) is 0 Å². The first kappa shape index (κ1) is 15.3. The summed E-state index contributed by atoms with van der Waals surface area (Å²) in [6.07, 6.45) is 2.13. The molecule has 4 heteroatoms. The van der Waals surface area contributed by atoms with Gasteiger partial charge in [-0.2, -0.15) is 0 Å². The Balaban J connectivity index is 2.14. The van der Waals surface area contributed by atoms with E-state index in [9.17, 15) is 9.59 Å². The molecule has 0 fully saturated rings. The van der Waals surface area contributed by atoms with E-state index in [1.165, 1.54) is 0 Å². The van der Waals surface area contributed by atoms with Gasteiger partial charge in [0, 0.05) is 12.1 Å². The topological polar surface area (TPSA) is 55.4 Å². The molecule has 0 unspecified atom stereocenters. The molecule has 21 heavy (non-hydrogen) atoms. The lowest BCUT2D eigenvalue weighted by atomic mass is 9.92. The molecule has 0 atom stereocenters. The number of amides is 1. The van der Waals surface area contributed by atoms with Crippen LogP contribution in [0.1, 0.15) is 50.0 Å². The molecule has 1 N–H and O–H groups in total. The van der Waals surface area contributed by atoms with Crippen LogP contribution in [-0.4, -0.2) is 17.3 Å². The molecule has 0 aliphatic carbocycles. The Morgan fingerprint density at radius 3 is 2.81 bits per heavy atom. The first-order valence-corrected chi connectivity index (χ1v) is 7.08. The quantitative estimate of drug-likeness (QED) is 0.869. The van der Waals surface area contributed by atoms with Crippen molar-refractivity contribution in [2.24, 2.45) is 0 Å². The Morgan fingerprint density at radius 2 is 2.14 bits per heavy atom. The Morgan fingerprint density at radius 1 is 1.43 bits per heavy atom. The van der Waals surface area contributed by atoms with E-state index in [2.05, 4.69) is 5.32 Å². The van der Waals surface area contributed by atoms with Gasteiger partial charge in [0.25, 0.3) is 0 Å². The second kappa shape index (κ2) is 5.72. The van der Waals surface area contributed by atoms with Gasteiger partial charge in [-0.05, 0) is 45.4 Å². The highest BCUT2D eigenvalue weighted by Crippen LogP contribution is 2.33. The number of carbonyl (C=O) groups is 2. The van der Waals surface area contributed by atoms with Crippen LogP contribution in [0.15, 0.2) is 29.8 Å². The molecule has 0 saturated heterocycles. The summed E-state index contributed by atoms with van der Waals surface area (Å²) in [6.45, 7) is 7.80. The fraction of sp³-hybridized carbons (Fsp3) is 0.412. The van der Waals surface area contributed by atoms with Gasteiger partial charge in [0.15, 0.2) is 5.78 Å². The average molecular weight is 287 g/mol. The van der Waals surface area contributed by atoms with Crippen LogP contribution in [0.4, 0.5) is 0 Å². The number of allylic oxidation sites excluding steroid dienone is 1. The highest BCUT2D eigenvalue weighted by molar-refractivity contribution is 6.00. The number of hydrogen-bond acceptors (Lipinski definition) is 3. The van der Waals surface area contributed by atoms with Gasteiger partial charge >= 0.3 is 0 Å². The molecule has 0 spiro atoms. The standard InChI is InChI=1S/C17H21NO3/c1-5-11(2)16(20)18-10-12-6-7-15-13(8-12)14(19)9-17(3,4)21-15/h5-8H,9-10H2,1-4H3,(H,18,20)/b11-5+. The lowest BCUT2D eigenvalue weighted by Gasteiger charge is -2.31. The van der Waals surface area contributed by atoms with E-state index in [-0.39, 0.29) is 11.7 Å². The highest BCUT2D eigenvalue weighted by atomic mass is 16.5. The number of fused-ring (bicyclic) bond motifs is 1. The van der Waals surface area contributed by atoms with Gasteiger partial charge in [-0.15, -0.1) is 0 Å². The summed E-state index contributed by atoms with van der Waals surface area (Å²) in [7, 11) is 0. The maximum Gasteiger partial charge on any atom is 0.246 e. The monoisotopic (exact) mass is 287 g/mol. The van der Waals surface area contributed by atoms with E-state index in [1.54, 1.807) is 25.1 Å². The van der Waals surface area contributed by atoms with Gasteiger partial charge in [-0.25, -0.2) is 0 Å². The van der Waals surface area contributed by atoms with Crippen molar-refractivity contribution in [3.63, 3.8) is 0 Å². The van der Waals surface area contributed by atoms with Crippen molar-refractivity contribution in [1.82, 2.24) is 5.32 Å². The normalized spacial score (nSPS) is 17.0. The van der Waals surface area contributed by atoms with Crippen LogP contribution in [-0.2, 0) is 11.3 Å². The van der Waals surface area contributed by atoms with Crippen molar-refractivity contribution in [2.45, 2.75) is 46.3 Å². The second-order valence-electron chi connectivity index (χ2n) is 5.95. The van der Waals surface area contributed by atoms with E-state index in [4.69, 9.17) is 4.74 Å². The van der Waals surface area contributed by atoms with Crippen LogP contribution < -0.4 is 10.1 Å². The van der Waals surface area contributed by atoms with Gasteiger partial charge < -0.3 is 10.1 Å². The first-order valence-electron chi connectivity index (χ1n) is 7.08. The number of hydrogen-bond donors (Lipinski definition) is 1. The molecule has 1 aromatic rings. The lowest BCUT2D eigenvalue weighted by Crippen LogP contribution is -2.36. The minimum absolute atomic E-state index is 0.0825. The average Bonchev–Trinajstić information content (AvgIpc) is 2.43. The molecule has 1 amide bonds. The number of carbonyl (C=O) groups excluding carboxylic acids is 2. The Kier molecular flexibility index (Phi) is 4.16. The maximum atomic E-state index is 12.2. The summed E-state index contributed by atoms with van der Waals surface area (Å²) < 4.78 is 5.81. The van der Waals surface area contributed by atoms with Crippen molar-refractivity contribution in [1.29, 1.82) is 0 Å². The molecule has 4 nitrogen and oxygen atoms in total. The summed E-state index contributed by atoms with van der Waals surface area (Å²) in [5.74, 6) is 0.606. The highest BCUT2D eigenvalue weighted by Gasteiger charge is 2.32. The Hall–Kier alpha value is -2.10. The zero-order valence-corrected chi connectivity index (χ0v) is 12.9. The van der Waals surface area contributed by atoms with E-state index in [1.807, 2.05) is 26.8 Å². The van der Waals surface area contributed by atoms with Gasteiger partial charge in [-0.1, -0.05) is 12.1 Å². The summed E-state index contributed by atoms with van der Waals surface area (Å²) in [6, 6.07) is 5.48. The predicted octanol–water partition coefficient (Wildman–Crippen LogP) is 3.01. The van der Waals surface area contributed by atoms with E-state index in [0.717, 1.165) is 5.56 Å². The van der Waals surface area contributed by atoms with Crippen molar-refractivity contribution >= 4 is 11.7 Å². The fourth-order valence-corrected chi connectivity index (χ4v) is 2.26. The largest absolute Gasteiger partial charge is 0.487 e. The molecular weight excluding hydrogens is 266 g/mol. The van der Waals surface area contributed by atoms with Crippen LogP contribution in [0.3, 0.4) is 0 Å². The van der Waals surface area contributed by atoms with Gasteiger partial charge in [-0.3, -0.25) is 9.59 Å². The summed E-state index contributed by atoms with van der Waals surface area (Å²) in [5.41, 5.74) is 1.71. The molecule has 1 heterocycles. The summed E-state index contributed by atoms with van der Waals surface area (Å²) >= 11 is 0. The van der Waals surface area contributed by atoms with Crippen molar-refractivity contribution in [3.8, 4) is 5.75 Å². The van der Waals surface area contributed by atoms with E-state index in [0.29, 0.717) is 29.9 Å². The van der Waals surface area contributed by atoms with E-state index < -0.39 is 5.60 Å². The van der Waals surface area contributed by atoms with Crippen LogP contribution in [0, 0.1) is 0 Å². The summed E-state index contributed by atoms with van der Waals surface area (Å²) in [4.78, 5) is 23.9. The van der Waals surface area contributed by atoms with Crippen LogP contribution in [0.25, 0.3) is 0 Å². The SMILES string of the molecule is C/C=C(\C)C(=O)NCc1ccc2c(c1)C(=O)CC(C)(C)O2. The number of ketones is 1. The lowest BCUT2D eigenvalue weighted by molar-refractivity contribution is -0.117.